The Morgan fingerprint density at radius 3 is 2.28 bits per heavy atom. The van der Waals surface area contributed by atoms with Crippen LogP contribution in [-0.2, 0) is 13.1 Å². The molecule has 1 aromatic heterocycles. The number of likely N-dealkylation sites (tertiary alicyclic amines) is 1. The Morgan fingerprint density at radius 1 is 0.944 bits per heavy atom. The van der Waals surface area contributed by atoms with Gasteiger partial charge in [0.25, 0.3) is 0 Å². The molecule has 1 saturated carbocycles. The molecule has 0 N–H and O–H groups in total. The van der Waals surface area contributed by atoms with Crippen molar-refractivity contribution in [2.24, 2.45) is 0 Å². The minimum atomic E-state index is -0.303. The largest absolute Gasteiger partial charge is 0.424 e. The number of benzene rings is 2. The molecule has 3 aromatic rings. The number of halogens is 1. The van der Waals surface area contributed by atoms with Crippen molar-refractivity contribution in [3.05, 3.63) is 89.9 Å². The summed E-state index contributed by atoms with van der Waals surface area (Å²) in [5.41, 5.74) is 2.85. The Labute approximate surface area is 213 Å². The molecular formula is C30H36FN4O+. The summed E-state index contributed by atoms with van der Waals surface area (Å²) in [7, 11) is 0. The van der Waals surface area contributed by atoms with E-state index in [1.165, 1.54) is 25.0 Å². The molecule has 0 unspecified atom stereocenters. The highest BCUT2D eigenvalue weighted by Gasteiger charge is 2.42. The first-order valence-corrected chi connectivity index (χ1v) is 13.3. The van der Waals surface area contributed by atoms with E-state index in [1.54, 1.807) is 12.1 Å². The lowest BCUT2D eigenvalue weighted by Crippen LogP contribution is -2.60. The summed E-state index contributed by atoms with van der Waals surface area (Å²) in [5, 5.41) is 0. The predicted octanol–water partition coefficient (Wildman–Crippen LogP) is 6.54. The Kier molecular flexibility index (Phi) is 7.33. The number of nitrogens with zero attached hydrogens (tertiary/aromatic N) is 4. The van der Waals surface area contributed by atoms with Crippen LogP contribution in [0.5, 0.6) is 0 Å². The van der Waals surface area contributed by atoms with Gasteiger partial charge in [-0.3, -0.25) is 4.90 Å². The zero-order valence-electron chi connectivity index (χ0n) is 21.2. The second kappa shape index (κ2) is 10.8. The van der Waals surface area contributed by atoms with Crippen molar-refractivity contribution in [1.82, 2.24) is 4.98 Å². The highest BCUT2D eigenvalue weighted by Crippen LogP contribution is 2.32. The molecule has 1 aliphatic heterocycles. The average Bonchev–Trinajstić information content (AvgIpc) is 3.75. The molecule has 5 nitrogen and oxygen atoms in total. The number of amides is 2. The van der Waals surface area contributed by atoms with Crippen LogP contribution in [0.15, 0.2) is 72.9 Å². The number of urea groups is 1. The first-order chi connectivity index (χ1) is 17.6. The van der Waals surface area contributed by atoms with Crippen molar-refractivity contribution < 1.29 is 13.7 Å². The van der Waals surface area contributed by atoms with Crippen molar-refractivity contribution >= 4 is 17.5 Å². The summed E-state index contributed by atoms with van der Waals surface area (Å²) >= 11 is 0. The molecule has 2 aromatic carbocycles. The summed E-state index contributed by atoms with van der Waals surface area (Å²) in [6.07, 6.45) is 7.55. The van der Waals surface area contributed by atoms with Gasteiger partial charge in [0.15, 0.2) is 0 Å². The summed E-state index contributed by atoms with van der Waals surface area (Å²) in [4.78, 5) is 23.3. The molecule has 0 radical (unpaired) electrons. The SMILES string of the molecule is CCN(c1ccc(CN(C(=O)[N+]2(Cc3ccccc3)CCCCC2)c2ccc(F)cc2)cn1)C1CC1. The Hall–Kier alpha value is -3.25. The van der Waals surface area contributed by atoms with E-state index < -0.39 is 0 Å². The maximum absolute atomic E-state index is 14.4. The van der Waals surface area contributed by atoms with E-state index in [-0.39, 0.29) is 11.8 Å². The van der Waals surface area contributed by atoms with Crippen LogP contribution < -0.4 is 9.80 Å². The van der Waals surface area contributed by atoms with Gasteiger partial charge in [-0.25, -0.2) is 18.7 Å². The summed E-state index contributed by atoms with van der Waals surface area (Å²) in [6, 6.07) is 21.4. The average molecular weight is 488 g/mol. The first-order valence-electron chi connectivity index (χ1n) is 13.3. The number of carbonyl (C=O) groups is 1. The molecule has 1 saturated heterocycles. The van der Waals surface area contributed by atoms with Crippen LogP contribution in [-0.4, -0.2) is 41.2 Å². The summed E-state index contributed by atoms with van der Waals surface area (Å²) in [6.45, 7) is 5.81. The smallest absolute Gasteiger partial charge is 0.354 e. The van der Waals surface area contributed by atoms with Crippen LogP contribution in [0.3, 0.4) is 0 Å². The van der Waals surface area contributed by atoms with Crippen molar-refractivity contribution in [3.63, 3.8) is 0 Å². The molecule has 0 bridgehead atoms. The van der Waals surface area contributed by atoms with Crippen molar-refractivity contribution in [3.8, 4) is 0 Å². The van der Waals surface area contributed by atoms with Gasteiger partial charge in [0.2, 0.25) is 0 Å². The summed E-state index contributed by atoms with van der Waals surface area (Å²) < 4.78 is 14.2. The minimum absolute atomic E-state index is 0.0717. The molecule has 0 spiro atoms. The van der Waals surface area contributed by atoms with E-state index in [0.717, 1.165) is 61.5 Å². The molecule has 0 atom stereocenters. The van der Waals surface area contributed by atoms with Gasteiger partial charge in [-0.05, 0) is 74.9 Å². The molecular weight excluding hydrogens is 451 g/mol. The molecule has 2 heterocycles. The summed E-state index contributed by atoms with van der Waals surface area (Å²) in [5.74, 6) is 0.690. The van der Waals surface area contributed by atoms with Gasteiger partial charge in [0.05, 0.1) is 19.6 Å². The predicted molar refractivity (Wildman–Crippen MR) is 142 cm³/mol. The third kappa shape index (κ3) is 5.44. The number of piperidine rings is 1. The van der Waals surface area contributed by atoms with Crippen LogP contribution >= 0.6 is 0 Å². The fourth-order valence-electron chi connectivity index (χ4n) is 5.47. The molecule has 1 aliphatic carbocycles. The van der Waals surface area contributed by atoms with Crippen molar-refractivity contribution in [1.29, 1.82) is 0 Å². The Bertz CT molecular complexity index is 1140. The second-order valence-electron chi connectivity index (χ2n) is 10.2. The Morgan fingerprint density at radius 2 is 1.67 bits per heavy atom. The van der Waals surface area contributed by atoms with Crippen LogP contribution in [0.1, 0.15) is 50.2 Å². The van der Waals surface area contributed by atoms with Gasteiger partial charge in [0.1, 0.15) is 18.2 Å². The highest BCUT2D eigenvalue weighted by atomic mass is 19.1. The number of rotatable bonds is 8. The van der Waals surface area contributed by atoms with E-state index in [0.29, 0.717) is 23.6 Å². The van der Waals surface area contributed by atoms with Gasteiger partial charge in [-0.2, -0.15) is 0 Å². The fraction of sp³-hybridized carbons (Fsp3) is 0.400. The monoisotopic (exact) mass is 487 g/mol. The lowest BCUT2D eigenvalue weighted by molar-refractivity contribution is -0.867. The van der Waals surface area contributed by atoms with Gasteiger partial charge in [0, 0.05) is 30.0 Å². The third-order valence-electron chi connectivity index (χ3n) is 7.55. The first kappa shape index (κ1) is 24.4. The Balaban J connectivity index is 1.45. The highest BCUT2D eigenvalue weighted by molar-refractivity contribution is 5.87. The normalized spacial score (nSPS) is 16.9. The topological polar surface area (TPSA) is 36.4 Å². The van der Waals surface area contributed by atoms with Gasteiger partial charge < -0.3 is 4.90 Å². The van der Waals surface area contributed by atoms with Crippen LogP contribution in [0.4, 0.5) is 20.7 Å². The third-order valence-corrected chi connectivity index (χ3v) is 7.55. The number of quaternary nitrogens is 1. The number of hydrogen-bond acceptors (Lipinski definition) is 3. The van der Waals surface area contributed by atoms with Crippen molar-refractivity contribution in [2.75, 3.05) is 29.4 Å². The van der Waals surface area contributed by atoms with E-state index >= 15 is 0 Å². The standard InChI is InChI=1S/C30H36FN4O/c1-2-33(27-16-17-27)29-18-11-25(21-32-29)22-34(28-14-12-26(31)13-15-28)30(36)35(19-7-4-8-20-35)23-24-9-5-3-6-10-24/h3,5-6,9-15,18,21,27H,2,4,7-8,16-17,19-20,22-23H2,1H3/q+1. The van der Waals surface area contributed by atoms with Crippen molar-refractivity contribution in [2.45, 2.75) is 58.2 Å². The van der Waals surface area contributed by atoms with Gasteiger partial charge in [-0.15, -0.1) is 0 Å². The molecule has 6 heteroatoms. The number of anilines is 2. The van der Waals surface area contributed by atoms with E-state index in [4.69, 9.17) is 4.98 Å². The maximum Gasteiger partial charge on any atom is 0.424 e. The van der Waals surface area contributed by atoms with Gasteiger partial charge >= 0.3 is 6.03 Å². The van der Waals surface area contributed by atoms with Crippen LogP contribution in [0, 0.1) is 5.82 Å². The zero-order valence-corrected chi connectivity index (χ0v) is 21.2. The molecule has 2 aliphatic rings. The molecule has 5 rings (SSSR count). The van der Waals surface area contributed by atoms with Crippen LogP contribution in [0.25, 0.3) is 0 Å². The maximum atomic E-state index is 14.4. The van der Waals surface area contributed by atoms with E-state index in [2.05, 4.69) is 36.1 Å². The molecule has 2 amide bonds. The molecule has 188 valence electrons. The minimum Gasteiger partial charge on any atom is -0.354 e. The number of pyridine rings is 1. The van der Waals surface area contributed by atoms with Gasteiger partial charge in [-0.1, -0.05) is 36.4 Å². The quantitative estimate of drug-likeness (QED) is 0.339. The fourth-order valence-corrected chi connectivity index (χ4v) is 5.47. The van der Waals surface area contributed by atoms with E-state index in [9.17, 15) is 9.18 Å². The lowest BCUT2D eigenvalue weighted by Gasteiger charge is -2.41. The number of aromatic nitrogens is 1. The van der Waals surface area contributed by atoms with Crippen LogP contribution in [0.2, 0.25) is 0 Å². The zero-order chi connectivity index (χ0) is 25.0. The molecule has 36 heavy (non-hydrogen) atoms. The van der Waals surface area contributed by atoms with E-state index in [1.807, 2.05) is 29.3 Å². The second-order valence-corrected chi connectivity index (χ2v) is 10.2. The lowest BCUT2D eigenvalue weighted by atomic mass is 10.1. The number of carbonyl (C=O) groups excluding carboxylic acids is 1. The molecule has 2 fully saturated rings. The number of hydrogen-bond donors (Lipinski definition) is 0.